The maximum atomic E-state index is 8.85. The van der Waals surface area contributed by atoms with Crippen LogP contribution in [0.1, 0.15) is 31.2 Å². The highest BCUT2D eigenvalue weighted by atomic mass is 16.5. The molecule has 15 heavy (non-hydrogen) atoms. The lowest BCUT2D eigenvalue weighted by molar-refractivity contribution is 0.221. The van der Waals surface area contributed by atoms with Gasteiger partial charge in [-0.1, -0.05) is 31.4 Å². The Kier molecular flexibility index (Phi) is 3.24. The van der Waals surface area contributed by atoms with Gasteiger partial charge in [0, 0.05) is 0 Å². The van der Waals surface area contributed by atoms with E-state index in [9.17, 15) is 0 Å². The van der Waals surface area contributed by atoms with E-state index in [1.165, 1.54) is 19.3 Å². The first-order valence-electron chi connectivity index (χ1n) is 5.52. The third-order valence-corrected chi connectivity index (χ3v) is 3.02. The summed E-state index contributed by atoms with van der Waals surface area (Å²) < 4.78 is 5.61. The molecule has 0 aliphatic heterocycles. The fourth-order valence-electron chi connectivity index (χ4n) is 1.80. The monoisotopic (exact) mass is 201 g/mol. The van der Waals surface area contributed by atoms with Gasteiger partial charge in [0.15, 0.2) is 0 Å². The SMILES string of the molecule is N#Cc1ccccc1OCCC1CCC1. The Morgan fingerprint density at radius 1 is 1.33 bits per heavy atom. The largest absolute Gasteiger partial charge is 0.492 e. The first-order valence-corrected chi connectivity index (χ1v) is 5.52. The van der Waals surface area contributed by atoms with Crippen LogP contribution in [0.4, 0.5) is 0 Å². The molecule has 0 atom stereocenters. The Morgan fingerprint density at radius 3 is 2.80 bits per heavy atom. The van der Waals surface area contributed by atoms with Crippen LogP contribution < -0.4 is 4.74 Å². The van der Waals surface area contributed by atoms with Gasteiger partial charge in [0.1, 0.15) is 11.8 Å². The van der Waals surface area contributed by atoms with E-state index >= 15 is 0 Å². The summed E-state index contributed by atoms with van der Waals surface area (Å²) in [5.74, 6) is 1.58. The zero-order valence-electron chi connectivity index (χ0n) is 8.78. The van der Waals surface area contributed by atoms with Crippen LogP contribution in [-0.2, 0) is 0 Å². The Labute approximate surface area is 90.5 Å². The van der Waals surface area contributed by atoms with Crippen molar-refractivity contribution in [2.75, 3.05) is 6.61 Å². The number of rotatable bonds is 4. The number of hydrogen-bond acceptors (Lipinski definition) is 2. The van der Waals surface area contributed by atoms with Gasteiger partial charge in [-0.15, -0.1) is 0 Å². The maximum absolute atomic E-state index is 8.85. The smallest absolute Gasteiger partial charge is 0.137 e. The van der Waals surface area contributed by atoms with Crippen LogP contribution in [0.2, 0.25) is 0 Å². The summed E-state index contributed by atoms with van der Waals surface area (Å²) in [6.45, 7) is 0.739. The number of hydrogen-bond donors (Lipinski definition) is 0. The normalized spacial score (nSPS) is 15.4. The molecule has 1 aliphatic carbocycles. The minimum Gasteiger partial charge on any atom is -0.492 e. The molecule has 0 unspecified atom stereocenters. The number of ether oxygens (including phenoxy) is 1. The number of nitrogens with zero attached hydrogens (tertiary/aromatic N) is 1. The van der Waals surface area contributed by atoms with Crippen molar-refractivity contribution < 1.29 is 4.74 Å². The van der Waals surface area contributed by atoms with Crippen LogP contribution >= 0.6 is 0 Å². The average molecular weight is 201 g/mol. The van der Waals surface area contributed by atoms with Gasteiger partial charge in [-0.3, -0.25) is 0 Å². The summed E-state index contributed by atoms with van der Waals surface area (Å²) >= 11 is 0. The second-order valence-corrected chi connectivity index (χ2v) is 4.04. The summed E-state index contributed by atoms with van der Waals surface area (Å²) in [5.41, 5.74) is 0.631. The molecule has 0 spiro atoms. The first kappa shape index (κ1) is 10.0. The van der Waals surface area contributed by atoms with Crippen molar-refractivity contribution in [1.82, 2.24) is 0 Å². The highest BCUT2D eigenvalue weighted by Crippen LogP contribution is 2.29. The lowest BCUT2D eigenvalue weighted by atomic mass is 9.83. The summed E-state index contributed by atoms with van der Waals surface area (Å²) in [7, 11) is 0. The quantitative estimate of drug-likeness (QED) is 0.749. The van der Waals surface area contributed by atoms with E-state index in [-0.39, 0.29) is 0 Å². The molecule has 1 aromatic rings. The molecule has 2 rings (SSSR count). The molecule has 0 N–H and O–H groups in total. The lowest BCUT2D eigenvalue weighted by Crippen LogP contribution is -2.14. The molecule has 1 fully saturated rings. The van der Waals surface area contributed by atoms with Gasteiger partial charge < -0.3 is 4.74 Å². The fraction of sp³-hybridized carbons (Fsp3) is 0.462. The van der Waals surface area contributed by atoms with Crippen molar-refractivity contribution in [2.24, 2.45) is 5.92 Å². The Bertz CT molecular complexity index is 363. The van der Waals surface area contributed by atoms with Crippen LogP contribution in [0.5, 0.6) is 5.75 Å². The van der Waals surface area contributed by atoms with Crippen molar-refractivity contribution in [3.05, 3.63) is 29.8 Å². The second kappa shape index (κ2) is 4.84. The summed E-state index contributed by atoms with van der Waals surface area (Å²) in [6, 6.07) is 9.55. The average Bonchev–Trinajstić information content (AvgIpc) is 2.22. The number of nitriles is 1. The zero-order chi connectivity index (χ0) is 10.5. The minimum absolute atomic E-state index is 0.631. The van der Waals surface area contributed by atoms with E-state index < -0.39 is 0 Å². The molecule has 0 saturated heterocycles. The van der Waals surface area contributed by atoms with Crippen molar-refractivity contribution in [2.45, 2.75) is 25.7 Å². The van der Waals surface area contributed by atoms with E-state index in [0.29, 0.717) is 5.56 Å². The van der Waals surface area contributed by atoms with Gasteiger partial charge in [0.05, 0.1) is 12.2 Å². The van der Waals surface area contributed by atoms with Gasteiger partial charge in [0.25, 0.3) is 0 Å². The van der Waals surface area contributed by atoms with Crippen molar-refractivity contribution >= 4 is 0 Å². The lowest BCUT2D eigenvalue weighted by Gasteiger charge is -2.25. The van der Waals surface area contributed by atoms with E-state index in [1.807, 2.05) is 18.2 Å². The van der Waals surface area contributed by atoms with Crippen LogP contribution in [-0.4, -0.2) is 6.61 Å². The molecule has 78 valence electrons. The van der Waals surface area contributed by atoms with Gasteiger partial charge >= 0.3 is 0 Å². The van der Waals surface area contributed by atoms with Crippen LogP contribution in [0.15, 0.2) is 24.3 Å². The standard InChI is InChI=1S/C13H15NO/c14-10-12-6-1-2-7-13(12)15-9-8-11-4-3-5-11/h1-2,6-7,11H,3-5,8-9H2. The highest BCUT2D eigenvalue weighted by Gasteiger charge is 2.16. The molecular formula is C13H15NO. The van der Waals surface area contributed by atoms with Gasteiger partial charge in [-0.2, -0.15) is 5.26 Å². The third-order valence-electron chi connectivity index (χ3n) is 3.02. The summed E-state index contributed by atoms with van der Waals surface area (Å²) in [5, 5.41) is 8.85. The fourth-order valence-corrected chi connectivity index (χ4v) is 1.80. The van der Waals surface area contributed by atoms with E-state index in [0.717, 1.165) is 24.7 Å². The molecule has 0 aromatic heterocycles. The third kappa shape index (κ3) is 2.50. The highest BCUT2D eigenvalue weighted by molar-refractivity contribution is 5.42. The molecule has 1 saturated carbocycles. The Morgan fingerprint density at radius 2 is 2.13 bits per heavy atom. The maximum Gasteiger partial charge on any atom is 0.137 e. The second-order valence-electron chi connectivity index (χ2n) is 4.04. The van der Waals surface area contributed by atoms with Crippen LogP contribution in [0.3, 0.4) is 0 Å². The molecule has 0 bridgehead atoms. The predicted molar refractivity (Wildman–Crippen MR) is 58.6 cm³/mol. The summed E-state index contributed by atoms with van der Waals surface area (Å²) in [4.78, 5) is 0. The van der Waals surface area contributed by atoms with Crippen molar-refractivity contribution in [1.29, 1.82) is 5.26 Å². The topological polar surface area (TPSA) is 33.0 Å². The van der Waals surface area contributed by atoms with E-state index in [4.69, 9.17) is 10.00 Å². The molecule has 0 amide bonds. The Balaban J connectivity index is 1.84. The molecule has 0 radical (unpaired) electrons. The first-order chi connectivity index (χ1) is 7.40. The molecule has 1 aliphatic rings. The van der Waals surface area contributed by atoms with Crippen LogP contribution in [0, 0.1) is 17.2 Å². The molecular weight excluding hydrogens is 186 g/mol. The molecule has 1 aromatic carbocycles. The number of benzene rings is 1. The Hall–Kier alpha value is -1.49. The molecule has 2 heteroatoms. The van der Waals surface area contributed by atoms with Gasteiger partial charge in [-0.05, 0) is 24.5 Å². The summed E-state index contributed by atoms with van der Waals surface area (Å²) in [6.07, 6.45) is 5.20. The van der Waals surface area contributed by atoms with E-state index in [2.05, 4.69) is 6.07 Å². The zero-order valence-corrected chi connectivity index (χ0v) is 8.78. The number of para-hydroxylation sites is 1. The minimum atomic E-state index is 0.631. The molecule has 2 nitrogen and oxygen atoms in total. The van der Waals surface area contributed by atoms with Gasteiger partial charge in [-0.25, -0.2) is 0 Å². The van der Waals surface area contributed by atoms with Crippen molar-refractivity contribution in [3.8, 4) is 11.8 Å². The van der Waals surface area contributed by atoms with E-state index in [1.54, 1.807) is 6.07 Å². The van der Waals surface area contributed by atoms with Crippen LogP contribution in [0.25, 0.3) is 0 Å². The van der Waals surface area contributed by atoms with Crippen molar-refractivity contribution in [3.63, 3.8) is 0 Å². The molecule has 0 heterocycles. The van der Waals surface area contributed by atoms with Gasteiger partial charge in [0.2, 0.25) is 0 Å². The predicted octanol–water partition coefficient (Wildman–Crippen LogP) is 3.13.